The Bertz CT molecular complexity index is 588. The van der Waals surface area contributed by atoms with Crippen LogP contribution in [0.25, 0.3) is 0 Å². The van der Waals surface area contributed by atoms with Crippen molar-refractivity contribution < 1.29 is 0 Å². The van der Waals surface area contributed by atoms with Crippen LogP contribution in [0.3, 0.4) is 0 Å². The van der Waals surface area contributed by atoms with E-state index in [0.29, 0.717) is 5.56 Å². The number of aryl methyl sites for hydroxylation is 2. The molecular weight excluding hydrogens is 242 g/mol. The van der Waals surface area contributed by atoms with Crippen LogP contribution in [-0.2, 0) is 19.4 Å². The van der Waals surface area contributed by atoms with Gasteiger partial charge in [-0.2, -0.15) is 5.26 Å². The first-order chi connectivity index (χ1) is 8.85. The van der Waals surface area contributed by atoms with Crippen molar-refractivity contribution >= 4 is 17.2 Å². The molecule has 2 aromatic rings. The minimum Gasteiger partial charge on any atom is -0.365 e. The molecular formula is C14H13N3S. The number of nitriles is 1. The number of hydrogen-bond acceptors (Lipinski definition) is 4. The van der Waals surface area contributed by atoms with E-state index in [1.165, 1.54) is 29.7 Å². The molecule has 0 spiro atoms. The quantitative estimate of drug-likeness (QED) is 0.916. The van der Waals surface area contributed by atoms with Gasteiger partial charge in [0.25, 0.3) is 0 Å². The van der Waals surface area contributed by atoms with E-state index in [1.54, 1.807) is 23.2 Å². The zero-order valence-corrected chi connectivity index (χ0v) is 10.8. The molecule has 1 aliphatic rings. The fraction of sp³-hybridized carbons (Fsp3) is 0.286. The summed E-state index contributed by atoms with van der Waals surface area (Å²) in [4.78, 5) is 7.11. The molecule has 3 rings (SSSR count). The van der Waals surface area contributed by atoms with Crippen molar-refractivity contribution in [2.75, 3.05) is 5.32 Å². The molecule has 0 bridgehead atoms. The Labute approximate surface area is 110 Å². The van der Waals surface area contributed by atoms with Crippen LogP contribution in [0.4, 0.5) is 5.82 Å². The third-order valence-corrected chi connectivity index (χ3v) is 4.37. The third kappa shape index (κ3) is 2.22. The van der Waals surface area contributed by atoms with E-state index in [2.05, 4.69) is 22.4 Å². The first-order valence-corrected chi connectivity index (χ1v) is 6.87. The zero-order valence-electron chi connectivity index (χ0n) is 9.94. The average molecular weight is 255 g/mol. The maximum atomic E-state index is 8.82. The highest BCUT2D eigenvalue weighted by atomic mass is 32.1. The number of hydrogen-bond donors (Lipinski definition) is 1. The summed E-state index contributed by atoms with van der Waals surface area (Å²) >= 11 is 1.90. The molecule has 1 N–H and O–H groups in total. The highest BCUT2D eigenvalue weighted by Crippen LogP contribution is 2.30. The number of nitrogens with zero attached hydrogens (tertiary/aromatic N) is 2. The SMILES string of the molecule is N#Cc1ccnc(NCc2cc3c(s2)CCC3)c1. The lowest BCUT2D eigenvalue weighted by Crippen LogP contribution is -1.99. The first-order valence-electron chi connectivity index (χ1n) is 6.05. The van der Waals surface area contributed by atoms with Gasteiger partial charge in [-0.15, -0.1) is 11.3 Å². The molecule has 0 saturated carbocycles. The predicted octanol–water partition coefficient (Wildman–Crippen LogP) is 3.12. The topological polar surface area (TPSA) is 48.7 Å². The summed E-state index contributed by atoms with van der Waals surface area (Å²) in [6.07, 6.45) is 5.44. The number of anilines is 1. The highest BCUT2D eigenvalue weighted by Gasteiger charge is 2.14. The van der Waals surface area contributed by atoms with Gasteiger partial charge in [0.15, 0.2) is 0 Å². The van der Waals surface area contributed by atoms with Crippen LogP contribution < -0.4 is 5.32 Å². The minimum atomic E-state index is 0.640. The van der Waals surface area contributed by atoms with E-state index in [-0.39, 0.29) is 0 Å². The summed E-state index contributed by atoms with van der Waals surface area (Å²) in [5.41, 5.74) is 2.16. The van der Waals surface area contributed by atoms with Crippen molar-refractivity contribution in [1.82, 2.24) is 4.98 Å². The Morgan fingerprint density at radius 2 is 2.33 bits per heavy atom. The summed E-state index contributed by atoms with van der Waals surface area (Å²) in [6.45, 7) is 0.791. The van der Waals surface area contributed by atoms with Crippen molar-refractivity contribution in [1.29, 1.82) is 5.26 Å². The monoisotopic (exact) mass is 255 g/mol. The molecule has 0 atom stereocenters. The largest absolute Gasteiger partial charge is 0.365 e. The third-order valence-electron chi connectivity index (χ3n) is 3.13. The van der Waals surface area contributed by atoms with Crippen LogP contribution in [0, 0.1) is 11.3 Å². The zero-order chi connectivity index (χ0) is 12.4. The molecule has 0 unspecified atom stereocenters. The van der Waals surface area contributed by atoms with Gasteiger partial charge >= 0.3 is 0 Å². The fourth-order valence-corrected chi connectivity index (χ4v) is 3.45. The summed E-state index contributed by atoms with van der Waals surface area (Å²) in [5, 5.41) is 12.1. The van der Waals surface area contributed by atoms with Gasteiger partial charge in [0.1, 0.15) is 5.82 Å². The summed E-state index contributed by atoms with van der Waals surface area (Å²) in [5.74, 6) is 0.766. The molecule has 0 fully saturated rings. The summed E-state index contributed by atoms with van der Waals surface area (Å²) in [7, 11) is 0. The van der Waals surface area contributed by atoms with Crippen LogP contribution in [0.2, 0.25) is 0 Å². The number of fused-ring (bicyclic) bond motifs is 1. The van der Waals surface area contributed by atoms with Crippen LogP contribution in [0.1, 0.15) is 27.3 Å². The van der Waals surface area contributed by atoms with Gasteiger partial charge in [-0.3, -0.25) is 0 Å². The van der Waals surface area contributed by atoms with Crippen molar-refractivity contribution in [2.45, 2.75) is 25.8 Å². The molecule has 18 heavy (non-hydrogen) atoms. The second-order valence-electron chi connectivity index (χ2n) is 4.41. The van der Waals surface area contributed by atoms with E-state index >= 15 is 0 Å². The molecule has 3 nitrogen and oxygen atoms in total. The van der Waals surface area contributed by atoms with Crippen molar-refractivity contribution in [3.05, 3.63) is 45.3 Å². The van der Waals surface area contributed by atoms with E-state index in [4.69, 9.17) is 5.26 Å². The molecule has 0 amide bonds. The Hall–Kier alpha value is -1.86. The van der Waals surface area contributed by atoms with Crippen LogP contribution in [0.5, 0.6) is 0 Å². The number of pyridine rings is 1. The van der Waals surface area contributed by atoms with Gasteiger partial charge in [-0.05, 0) is 43.0 Å². The molecule has 4 heteroatoms. The fourth-order valence-electron chi connectivity index (χ4n) is 2.25. The number of nitrogens with one attached hydrogen (secondary N) is 1. The Kier molecular flexibility index (Phi) is 2.99. The Morgan fingerprint density at radius 3 is 3.17 bits per heavy atom. The Morgan fingerprint density at radius 1 is 1.39 bits per heavy atom. The maximum Gasteiger partial charge on any atom is 0.127 e. The van der Waals surface area contributed by atoms with Gasteiger partial charge in [0.2, 0.25) is 0 Å². The normalized spacial score (nSPS) is 13.1. The lowest BCUT2D eigenvalue weighted by molar-refractivity contribution is 0.913. The summed E-state index contributed by atoms with van der Waals surface area (Å²) < 4.78 is 0. The maximum absolute atomic E-state index is 8.82. The lowest BCUT2D eigenvalue weighted by atomic mass is 10.2. The molecule has 0 aliphatic heterocycles. The highest BCUT2D eigenvalue weighted by molar-refractivity contribution is 7.12. The number of rotatable bonds is 3. The number of thiophene rings is 1. The van der Waals surface area contributed by atoms with E-state index < -0.39 is 0 Å². The standard InChI is InChI=1S/C14H13N3S/c15-8-10-4-5-16-14(6-10)17-9-12-7-11-2-1-3-13(11)18-12/h4-7H,1-3,9H2,(H,16,17). The van der Waals surface area contributed by atoms with Crippen LogP contribution in [0.15, 0.2) is 24.4 Å². The second-order valence-corrected chi connectivity index (χ2v) is 5.63. The molecule has 2 heterocycles. The minimum absolute atomic E-state index is 0.640. The molecule has 0 saturated heterocycles. The van der Waals surface area contributed by atoms with Gasteiger partial charge in [0.05, 0.1) is 18.2 Å². The molecule has 1 aliphatic carbocycles. The van der Waals surface area contributed by atoms with E-state index in [9.17, 15) is 0 Å². The molecule has 2 aromatic heterocycles. The van der Waals surface area contributed by atoms with E-state index in [0.717, 1.165) is 12.4 Å². The van der Waals surface area contributed by atoms with Gasteiger partial charge in [-0.25, -0.2) is 4.98 Å². The van der Waals surface area contributed by atoms with Crippen LogP contribution >= 0.6 is 11.3 Å². The van der Waals surface area contributed by atoms with Crippen molar-refractivity contribution in [3.63, 3.8) is 0 Å². The van der Waals surface area contributed by atoms with Gasteiger partial charge < -0.3 is 5.32 Å². The van der Waals surface area contributed by atoms with Crippen LogP contribution in [-0.4, -0.2) is 4.98 Å². The lowest BCUT2D eigenvalue weighted by Gasteiger charge is -2.03. The Balaban J connectivity index is 1.68. The average Bonchev–Trinajstić information content (AvgIpc) is 2.97. The molecule has 0 aromatic carbocycles. The first kappa shape index (κ1) is 11.2. The number of aromatic nitrogens is 1. The van der Waals surface area contributed by atoms with Crippen molar-refractivity contribution in [3.8, 4) is 6.07 Å². The molecule has 0 radical (unpaired) electrons. The van der Waals surface area contributed by atoms with Gasteiger partial charge in [0, 0.05) is 16.0 Å². The summed E-state index contributed by atoms with van der Waals surface area (Å²) in [6, 6.07) is 7.91. The predicted molar refractivity (Wildman–Crippen MR) is 72.6 cm³/mol. The van der Waals surface area contributed by atoms with Gasteiger partial charge in [-0.1, -0.05) is 0 Å². The smallest absolute Gasteiger partial charge is 0.127 e. The molecule has 90 valence electrons. The van der Waals surface area contributed by atoms with E-state index in [1.807, 2.05) is 11.3 Å². The second kappa shape index (κ2) is 4.79. The van der Waals surface area contributed by atoms with Crippen molar-refractivity contribution in [2.24, 2.45) is 0 Å².